The van der Waals surface area contributed by atoms with Crippen molar-refractivity contribution in [3.05, 3.63) is 12.2 Å². The molecule has 0 nitrogen and oxygen atoms in total. The lowest BCUT2D eigenvalue weighted by Gasteiger charge is -2.37. The normalized spacial score (nSPS) is 34.3. The van der Waals surface area contributed by atoms with E-state index in [2.05, 4.69) is 26.0 Å². The zero-order valence-electron chi connectivity index (χ0n) is 12.5. The van der Waals surface area contributed by atoms with E-state index in [1.165, 1.54) is 51.4 Å². The molecule has 0 radical (unpaired) electrons. The Morgan fingerprint density at radius 3 is 1.80 bits per heavy atom. The van der Waals surface area contributed by atoms with Crippen LogP contribution >= 0.6 is 0 Å². The highest BCUT2D eigenvalue weighted by Gasteiger charge is 2.29. The highest BCUT2D eigenvalue weighted by atomic mass is 14.3. The second kappa shape index (κ2) is 10.5. The second-order valence-corrected chi connectivity index (χ2v) is 6.95. The van der Waals surface area contributed by atoms with Gasteiger partial charge in [0.2, 0.25) is 0 Å². The molecule has 20 heavy (non-hydrogen) atoms. The summed E-state index contributed by atoms with van der Waals surface area (Å²) < 4.78 is 0. The average Bonchev–Trinajstić information content (AvgIpc) is 2.41. The van der Waals surface area contributed by atoms with Crippen LogP contribution in [0.3, 0.4) is 0 Å². The van der Waals surface area contributed by atoms with Crippen LogP contribution < -0.4 is 0 Å². The lowest BCUT2D eigenvalue weighted by Crippen LogP contribution is -2.25. The minimum Gasteiger partial charge on any atom is -0.0917 e. The number of hydrogen-bond acceptors (Lipinski definition) is 0. The zero-order chi connectivity index (χ0) is 12.8. The maximum atomic E-state index is 2.44. The first-order valence-electron chi connectivity index (χ1n) is 8.40. The molecule has 0 bridgehead atoms. The molecule has 0 aromatic heterocycles. The van der Waals surface area contributed by atoms with E-state index in [-0.39, 0.29) is 14.9 Å². The van der Waals surface area contributed by atoms with Gasteiger partial charge in [0.15, 0.2) is 0 Å². The third kappa shape index (κ3) is 6.02. The average molecular weight is 281 g/mol. The Balaban J connectivity index is 0.00000180. The summed E-state index contributed by atoms with van der Waals surface area (Å²) in [6.07, 6.45) is 19.5. The Morgan fingerprint density at radius 1 is 0.800 bits per heavy atom. The predicted molar refractivity (Wildman–Crippen MR) is 94.1 cm³/mol. The molecule has 0 unspecified atom stereocenters. The molecule has 2 aliphatic rings. The molecular weight excluding hydrogens is 240 g/mol. The van der Waals surface area contributed by atoms with Crippen molar-refractivity contribution in [3.8, 4) is 0 Å². The molecule has 2 rings (SSSR count). The van der Waals surface area contributed by atoms with Gasteiger partial charge in [0, 0.05) is 0 Å². The van der Waals surface area contributed by atoms with Crippen molar-refractivity contribution in [2.45, 2.75) is 92.9 Å². The van der Waals surface area contributed by atoms with Crippen LogP contribution in [0.15, 0.2) is 12.2 Å². The van der Waals surface area contributed by atoms with E-state index in [0.717, 1.165) is 23.7 Å². The van der Waals surface area contributed by atoms with E-state index in [9.17, 15) is 0 Å². The van der Waals surface area contributed by atoms with E-state index >= 15 is 0 Å². The lowest BCUT2D eigenvalue weighted by atomic mass is 9.69. The van der Waals surface area contributed by atoms with Crippen LogP contribution in [-0.2, 0) is 0 Å². The first-order chi connectivity index (χ1) is 8.79. The summed E-state index contributed by atoms with van der Waals surface area (Å²) in [5.74, 6) is 4.24. The van der Waals surface area contributed by atoms with Crippen molar-refractivity contribution in [1.82, 2.24) is 0 Å². The van der Waals surface area contributed by atoms with E-state index in [1.807, 2.05) is 0 Å². The smallest absolute Gasteiger partial charge is 0.0348 e. The van der Waals surface area contributed by atoms with Crippen LogP contribution in [0, 0.1) is 23.7 Å². The minimum absolute atomic E-state index is 0. The van der Waals surface area contributed by atoms with E-state index in [0.29, 0.717) is 0 Å². The van der Waals surface area contributed by atoms with Gasteiger partial charge in [-0.15, -0.1) is 0 Å². The summed E-state index contributed by atoms with van der Waals surface area (Å²) in [5, 5.41) is 0. The van der Waals surface area contributed by atoms with E-state index in [4.69, 9.17) is 0 Å². The Labute approximate surface area is 129 Å². The standard InChI is InChI=1S/C18H32.2CH4/c1-3-4-5-6-16-9-13-18(14-10-16)17-11-7-15(2)8-12-17;;/h3-4,15-18H,5-14H2,1-2H3;2*1H4/b4-3+;;. The van der Waals surface area contributed by atoms with Crippen molar-refractivity contribution < 1.29 is 0 Å². The van der Waals surface area contributed by atoms with Crippen LogP contribution in [0.5, 0.6) is 0 Å². The summed E-state index contributed by atoms with van der Waals surface area (Å²) in [6.45, 7) is 4.58. The van der Waals surface area contributed by atoms with Gasteiger partial charge >= 0.3 is 0 Å². The zero-order valence-corrected chi connectivity index (χ0v) is 12.5. The topological polar surface area (TPSA) is 0 Å². The van der Waals surface area contributed by atoms with Crippen molar-refractivity contribution >= 4 is 0 Å². The van der Waals surface area contributed by atoms with Crippen molar-refractivity contribution in [2.24, 2.45) is 23.7 Å². The maximum Gasteiger partial charge on any atom is -0.0348 e. The predicted octanol–water partition coefficient (Wildman–Crippen LogP) is 7.25. The molecule has 0 N–H and O–H groups in total. The van der Waals surface area contributed by atoms with Crippen LogP contribution in [0.4, 0.5) is 0 Å². The van der Waals surface area contributed by atoms with Gasteiger partial charge in [-0.25, -0.2) is 0 Å². The molecule has 2 saturated carbocycles. The summed E-state index contributed by atoms with van der Waals surface area (Å²) in [5.41, 5.74) is 0. The van der Waals surface area contributed by atoms with E-state index < -0.39 is 0 Å². The third-order valence-electron chi connectivity index (χ3n) is 5.60. The molecule has 0 aromatic carbocycles. The maximum absolute atomic E-state index is 2.44. The second-order valence-electron chi connectivity index (χ2n) is 6.95. The highest BCUT2D eigenvalue weighted by molar-refractivity contribution is 4.83. The monoisotopic (exact) mass is 280 g/mol. The fourth-order valence-corrected chi connectivity index (χ4v) is 4.20. The summed E-state index contributed by atoms with van der Waals surface area (Å²) in [4.78, 5) is 0. The Kier molecular flexibility index (Phi) is 10.3. The minimum atomic E-state index is 0. The molecule has 0 heteroatoms. The van der Waals surface area contributed by atoms with Gasteiger partial charge in [0.05, 0.1) is 0 Å². The first kappa shape index (κ1) is 19.7. The van der Waals surface area contributed by atoms with Crippen LogP contribution in [0.2, 0.25) is 0 Å². The molecule has 0 aromatic rings. The van der Waals surface area contributed by atoms with Gasteiger partial charge in [0.1, 0.15) is 0 Å². The quantitative estimate of drug-likeness (QED) is 0.476. The van der Waals surface area contributed by atoms with Crippen LogP contribution in [0.25, 0.3) is 0 Å². The van der Waals surface area contributed by atoms with Gasteiger partial charge in [-0.1, -0.05) is 59.6 Å². The molecule has 0 amide bonds. The molecule has 0 spiro atoms. The van der Waals surface area contributed by atoms with Crippen LogP contribution in [-0.4, -0.2) is 0 Å². The van der Waals surface area contributed by atoms with E-state index in [1.54, 1.807) is 12.8 Å². The lowest BCUT2D eigenvalue weighted by molar-refractivity contribution is 0.148. The summed E-state index contributed by atoms with van der Waals surface area (Å²) >= 11 is 0. The Morgan fingerprint density at radius 2 is 1.30 bits per heavy atom. The summed E-state index contributed by atoms with van der Waals surface area (Å²) in [7, 11) is 0. The molecule has 2 fully saturated rings. The summed E-state index contributed by atoms with van der Waals surface area (Å²) in [6, 6.07) is 0. The third-order valence-corrected chi connectivity index (χ3v) is 5.60. The van der Waals surface area contributed by atoms with Gasteiger partial charge in [0.25, 0.3) is 0 Å². The molecular formula is C20H40. The number of allylic oxidation sites excluding steroid dienone is 2. The molecule has 0 atom stereocenters. The fourth-order valence-electron chi connectivity index (χ4n) is 4.20. The highest BCUT2D eigenvalue weighted by Crippen LogP contribution is 2.42. The number of rotatable bonds is 4. The van der Waals surface area contributed by atoms with Crippen molar-refractivity contribution in [3.63, 3.8) is 0 Å². The number of hydrogen-bond donors (Lipinski definition) is 0. The van der Waals surface area contributed by atoms with Crippen molar-refractivity contribution in [2.75, 3.05) is 0 Å². The van der Waals surface area contributed by atoms with Gasteiger partial charge in [-0.3, -0.25) is 0 Å². The molecule has 0 saturated heterocycles. The Bertz CT molecular complexity index is 237. The first-order valence-corrected chi connectivity index (χ1v) is 8.40. The molecule has 2 aliphatic carbocycles. The SMILES string of the molecule is C.C.C/C=C/CCC1CCC(C2CCC(C)CC2)CC1. The molecule has 120 valence electrons. The Hall–Kier alpha value is -0.260. The van der Waals surface area contributed by atoms with Crippen LogP contribution in [0.1, 0.15) is 92.9 Å². The molecule has 0 heterocycles. The molecule has 0 aliphatic heterocycles. The van der Waals surface area contributed by atoms with Crippen molar-refractivity contribution in [1.29, 1.82) is 0 Å². The van der Waals surface area contributed by atoms with Gasteiger partial charge < -0.3 is 0 Å². The largest absolute Gasteiger partial charge is 0.0917 e. The van der Waals surface area contributed by atoms with Gasteiger partial charge in [-0.2, -0.15) is 0 Å². The van der Waals surface area contributed by atoms with Gasteiger partial charge in [-0.05, 0) is 69.1 Å². The fraction of sp³-hybridized carbons (Fsp3) is 0.900.